The molecule has 0 aliphatic carbocycles. The van der Waals surface area contributed by atoms with Gasteiger partial charge in [0.2, 0.25) is 0 Å². The van der Waals surface area contributed by atoms with Gasteiger partial charge in [0.15, 0.2) is 0 Å². The number of hydrogen-bond donors (Lipinski definition) is 0. The topological polar surface area (TPSA) is 55.2 Å². The van der Waals surface area contributed by atoms with Crippen molar-refractivity contribution < 1.29 is 8.42 Å². The Labute approximate surface area is 160 Å². The highest BCUT2D eigenvalue weighted by Crippen LogP contribution is 2.34. The minimum absolute atomic E-state index is 0.327. The summed E-state index contributed by atoms with van der Waals surface area (Å²) in [6.07, 6.45) is 0.741. The molecule has 0 bridgehead atoms. The second kappa shape index (κ2) is 6.53. The molecule has 27 heavy (non-hydrogen) atoms. The zero-order valence-electron chi connectivity index (χ0n) is 15.8. The van der Waals surface area contributed by atoms with E-state index in [-0.39, 0.29) is 0 Å². The van der Waals surface area contributed by atoms with Crippen LogP contribution in [0.15, 0.2) is 53.4 Å². The number of nitrogens with zero attached hydrogens (tertiary/aromatic N) is 3. The summed E-state index contributed by atoms with van der Waals surface area (Å²) in [4.78, 5) is 0.327. The van der Waals surface area contributed by atoms with Crippen molar-refractivity contribution in [2.24, 2.45) is 0 Å². The fourth-order valence-electron chi connectivity index (χ4n) is 3.82. The molecule has 2 aromatic carbocycles. The van der Waals surface area contributed by atoms with Crippen molar-refractivity contribution >= 4 is 15.7 Å². The third-order valence-corrected chi connectivity index (χ3v) is 7.36. The number of aryl methyl sites for hydroxylation is 2. The highest BCUT2D eigenvalue weighted by molar-refractivity contribution is 7.93. The summed E-state index contributed by atoms with van der Waals surface area (Å²) < 4.78 is 30.2. The molecule has 0 radical (unpaired) electrons. The van der Waals surface area contributed by atoms with Crippen LogP contribution in [0.3, 0.4) is 0 Å². The molecule has 3 aromatic rings. The van der Waals surface area contributed by atoms with Crippen molar-refractivity contribution in [2.45, 2.75) is 38.6 Å². The second-order valence-corrected chi connectivity index (χ2v) is 8.84. The van der Waals surface area contributed by atoms with Crippen LogP contribution >= 0.6 is 0 Å². The quantitative estimate of drug-likeness (QED) is 0.694. The molecular weight excluding hydrogens is 358 g/mol. The average molecular weight is 382 g/mol. The maximum Gasteiger partial charge on any atom is 0.268 e. The molecule has 5 nitrogen and oxygen atoms in total. The van der Waals surface area contributed by atoms with Crippen LogP contribution in [0.25, 0.3) is 0 Å². The molecule has 4 rings (SSSR count). The van der Waals surface area contributed by atoms with Crippen molar-refractivity contribution in [2.75, 3.05) is 10.8 Å². The van der Waals surface area contributed by atoms with Crippen LogP contribution in [-0.4, -0.2) is 24.7 Å². The molecule has 0 N–H and O–H groups in total. The Morgan fingerprint density at radius 3 is 2.48 bits per heavy atom. The first kappa shape index (κ1) is 17.8. The van der Waals surface area contributed by atoms with Gasteiger partial charge in [0, 0.05) is 6.54 Å². The molecule has 0 amide bonds. The van der Waals surface area contributed by atoms with Gasteiger partial charge in [-0.25, -0.2) is 8.42 Å². The lowest BCUT2D eigenvalue weighted by atomic mass is 10.1. The first-order valence-corrected chi connectivity index (χ1v) is 10.5. The van der Waals surface area contributed by atoms with E-state index in [0.29, 0.717) is 29.4 Å². The molecule has 0 spiro atoms. The predicted octanol–water partition coefficient (Wildman–Crippen LogP) is 3.61. The summed E-state index contributed by atoms with van der Waals surface area (Å²) in [6.45, 7) is 6.71. The fraction of sp³-hybridized carbons (Fsp3) is 0.286. The summed E-state index contributed by atoms with van der Waals surface area (Å²) in [5.41, 5.74) is 5.39. The molecule has 1 aliphatic rings. The standard InChI is InChI=1S/C21H23N3O2S/c1-15-8-4-5-10-19(15)14-23-17(3)21(16(2)22-23)27(25,26)24-13-12-18-9-6-7-11-20(18)24/h4-11H,12-14H2,1-3H3. The molecule has 0 unspecified atom stereocenters. The summed E-state index contributed by atoms with van der Waals surface area (Å²) in [5, 5.41) is 4.55. The maximum absolute atomic E-state index is 13.4. The van der Waals surface area contributed by atoms with Gasteiger partial charge in [-0.1, -0.05) is 42.5 Å². The van der Waals surface area contributed by atoms with E-state index in [2.05, 4.69) is 24.2 Å². The van der Waals surface area contributed by atoms with Gasteiger partial charge in [-0.05, 0) is 49.9 Å². The second-order valence-electron chi connectivity index (χ2n) is 7.04. The third kappa shape index (κ3) is 2.94. The number of aromatic nitrogens is 2. The van der Waals surface area contributed by atoms with Gasteiger partial charge in [0.05, 0.1) is 23.6 Å². The smallest absolute Gasteiger partial charge is 0.266 e. The van der Waals surface area contributed by atoms with E-state index in [4.69, 9.17) is 0 Å². The van der Waals surface area contributed by atoms with Gasteiger partial charge in [-0.3, -0.25) is 8.99 Å². The van der Waals surface area contributed by atoms with Gasteiger partial charge in [0.25, 0.3) is 10.0 Å². The van der Waals surface area contributed by atoms with Crippen molar-refractivity contribution in [1.82, 2.24) is 9.78 Å². The Balaban J connectivity index is 1.75. The van der Waals surface area contributed by atoms with E-state index < -0.39 is 10.0 Å². The summed E-state index contributed by atoms with van der Waals surface area (Å²) in [7, 11) is -3.65. The number of benzene rings is 2. The number of para-hydroxylation sites is 1. The molecular formula is C21H23N3O2S. The lowest BCUT2D eigenvalue weighted by Gasteiger charge is -2.19. The van der Waals surface area contributed by atoms with Crippen LogP contribution in [0.2, 0.25) is 0 Å². The van der Waals surface area contributed by atoms with E-state index in [1.807, 2.05) is 43.3 Å². The van der Waals surface area contributed by atoms with Crippen molar-refractivity contribution in [1.29, 1.82) is 0 Å². The van der Waals surface area contributed by atoms with Crippen LogP contribution in [0, 0.1) is 20.8 Å². The van der Waals surface area contributed by atoms with E-state index in [1.165, 1.54) is 9.87 Å². The largest absolute Gasteiger partial charge is 0.268 e. The summed E-state index contributed by atoms with van der Waals surface area (Å²) >= 11 is 0. The Hall–Kier alpha value is -2.60. The minimum atomic E-state index is -3.65. The lowest BCUT2D eigenvalue weighted by Crippen LogP contribution is -2.30. The zero-order chi connectivity index (χ0) is 19.2. The van der Waals surface area contributed by atoms with E-state index >= 15 is 0 Å². The number of anilines is 1. The SMILES string of the molecule is Cc1ccccc1Cn1nc(C)c(S(=O)(=O)N2CCc3ccccc32)c1C. The van der Waals surface area contributed by atoms with Crippen molar-refractivity contribution in [3.8, 4) is 0 Å². The van der Waals surface area contributed by atoms with Crippen LogP contribution in [-0.2, 0) is 23.0 Å². The molecule has 140 valence electrons. The highest BCUT2D eigenvalue weighted by atomic mass is 32.2. The minimum Gasteiger partial charge on any atom is -0.266 e. The number of sulfonamides is 1. The summed E-state index contributed by atoms with van der Waals surface area (Å²) in [5.74, 6) is 0. The van der Waals surface area contributed by atoms with Crippen LogP contribution in [0.4, 0.5) is 5.69 Å². The van der Waals surface area contributed by atoms with E-state index in [1.54, 1.807) is 11.6 Å². The Kier molecular flexibility index (Phi) is 4.30. The molecule has 0 saturated heterocycles. The molecule has 6 heteroatoms. The average Bonchev–Trinajstić information content (AvgIpc) is 3.19. The Bertz CT molecular complexity index is 1120. The van der Waals surface area contributed by atoms with Gasteiger partial charge in [-0.2, -0.15) is 5.10 Å². The monoisotopic (exact) mass is 381 g/mol. The summed E-state index contributed by atoms with van der Waals surface area (Å²) in [6, 6.07) is 15.8. The highest BCUT2D eigenvalue weighted by Gasteiger charge is 2.34. The zero-order valence-corrected chi connectivity index (χ0v) is 16.6. The Morgan fingerprint density at radius 2 is 1.70 bits per heavy atom. The first-order valence-electron chi connectivity index (χ1n) is 9.09. The Morgan fingerprint density at radius 1 is 1.00 bits per heavy atom. The van der Waals surface area contributed by atoms with Gasteiger partial charge in [0.1, 0.15) is 4.90 Å². The van der Waals surface area contributed by atoms with Gasteiger partial charge in [-0.15, -0.1) is 0 Å². The van der Waals surface area contributed by atoms with Crippen molar-refractivity contribution in [3.05, 3.63) is 76.6 Å². The number of rotatable bonds is 4. The van der Waals surface area contributed by atoms with E-state index in [9.17, 15) is 8.42 Å². The fourth-order valence-corrected chi connectivity index (χ4v) is 5.71. The van der Waals surface area contributed by atoms with Gasteiger partial charge >= 0.3 is 0 Å². The predicted molar refractivity (Wildman–Crippen MR) is 107 cm³/mol. The molecule has 0 fully saturated rings. The lowest BCUT2D eigenvalue weighted by molar-refractivity contribution is 0.590. The van der Waals surface area contributed by atoms with Crippen LogP contribution < -0.4 is 4.31 Å². The van der Waals surface area contributed by atoms with Crippen molar-refractivity contribution in [3.63, 3.8) is 0 Å². The molecule has 1 aliphatic heterocycles. The third-order valence-electron chi connectivity index (χ3n) is 5.29. The molecule has 2 heterocycles. The first-order chi connectivity index (χ1) is 12.9. The van der Waals surface area contributed by atoms with Crippen LogP contribution in [0.1, 0.15) is 28.1 Å². The molecule has 0 atom stereocenters. The number of hydrogen-bond acceptors (Lipinski definition) is 3. The van der Waals surface area contributed by atoms with Gasteiger partial charge < -0.3 is 0 Å². The maximum atomic E-state index is 13.4. The molecule has 0 saturated carbocycles. The molecule has 1 aromatic heterocycles. The van der Waals surface area contributed by atoms with E-state index in [0.717, 1.165) is 23.2 Å². The van der Waals surface area contributed by atoms with Crippen LogP contribution in [0.5, 0.6) is 0 Å². The normalized spacial score (nSPS) is 13.8. The number of fused-ring (bicyclic) bond motifs is 1.